The Hall–Kier alpha value is -4.59. The summed E-state index contributed by atoms with van der Waals surface area (Å²) in [5.41, 5.74) is 0.792. The summed E-state index contributed by atoms with van der Waals surface area (Å²) in [6.07, 6.45) is -5.94. The first-order chi connectivity index (χ1) is 19.8. The number of hydrogen-bond acceptors (Lipinski definition) is 8. The molecule has 0 fully saturated rings. The molecule has 220 valence electrons. The minimum absolute atomic E-state index is 0.0232. The maximum atomic E-state index is 13.8. The van der Waals surface area contributed by atoms with E-state index >= 15 is 0 Å². The van der Waals surface area contributed by atoms with Crippen LogP contribution in [-0.2, 0) is 21.0 Å². The Morgan fingerprint density at radius 2 is 1.86 bits per heavy atom. The Kier molecular flexibility index (Phi) is 7.58. The Morgan fingerprint density at radius 1 is 1.10 bits per heavy atom. The molecule has 0 aliphatic carbocycles. The minimum Gasteiger partial charge on any atom is -0.486 e. The number of alkyl halides is 3. The summed E-state index contributed by atoms with van der Waals surface area (Å²) in [6, 6.07) is 15.3. The highest BCUT2D eigenvalue weighted by molar-refractivity contribution is 7.92. The lowest BCUT2D eigenvalue weighted by molar-refractivity contribution is -0.138. The van der Waals surface area contributed by atoms with E-state index in [-0.39, 0.29) is 42.5 Å². The number of nitrogens with zero attached hydrogens (tertiary/aromatic N) is 4. The molecule has 1 N–H and O–H groups in total. The summed E-state index contributed by atoms with van der Waals surface area (Å²) in [7, 11) is -0.818. The fraction of sp³-hybridized carbons (Fsp3) is 0.250. The highest BCUT2D eigenvalue weighted by atomic mass is 32.2. The molecule has 0 saturated heterocycles. The van der Waals surface area contributed by atoms with Crippen molar-refractivity contribution in [2.24, 2.45) is 0 Å². The van der Waals surface area contributed by atoms with Gasteiger partial charge in [-0.15, -0.1) is 0 Å². The first-order valence-corrected chi connectivity index (χ1v) is 14.1. The molecule has 1 aliphatic rings. The average Bonchev–Trinajstić information content (AvgIpc) is 3.45. The number of benzene rings is 3. The fourth-order valence-corrected chi connectivity index (χ4v) is 6.11. The Balaban J connectivity index is 1.56. The number of carbonyl (C=O) groups is 1. The van der Waals surface area contributed by atoms with E-state index in [1.807, 2.05) is 43.3 Å². The van der Waals surface area contributed by atoms with Crippen LogP contribution in [0.5, 0.6) is 5.75 Å². The molecule has 14 heteroatoms. The van der Waals surface area contributed by atoms with Gasteiger partial charge in [-0.05, 0) is 55.0 Å². The lowest BCUT2D eigenvalue weighted by Crippen LogP contribution is -2.43. The lowest BCUT2D eigenvalue weighted by Gasteiger charge is -2.35. The van der Waals surface area contributed by atoms with E-state index in [0.29, 0.717) is 17.2 Å². The summed E-state index contributed by atoms with van der Waals surface area (Å²) < 4.78 is 80.1. The van der Waals surface area contributed by atoms with Crippen LogP contribution in [0.1, 0.15) is 18.4 Å². The molecule has 0 saturated carbocycles. The van der Waals surface area contributed by atoms with Gasteiger partial charge in [-0.1, -0.05) is 23.4 Å². The zero-order valence-electron chi connectivity index (χ0n) is 22.4. The van der Waals surface area contributed by atoms with E-state index in [1.54, 1.807) is 6.07 Å². The molecule has 1 atom stereocenters. The van der Waals surface area contributed by atoms with Crippen LogP contribution in [0, 0.1) is 0 Å². The molecule has 1 aliphatic heterocycles. The molecule has 0 bridgehead atoms. The highest BCUT2D eigenvalue weighted by Gasteiger charge is 2.37. The van der Waals surface area contributed by atoms with E-state index in [1.165, 1.54) is 12.1 Å². The summed E-state index contributed by atoms with van der Waals surface area (Å²) in [5.74, 6) is -0.621. The van der Waals surface area contributed by atoms with Gasteiger partial charge in [0.2, 0.25) is 5.82 Å². The number of para-hydroxylation sites is 1. The summed E-state index contributed by atoms with van der Waals surface area (Å²) in [6.45, 7) is -0.323. The molecule has 10 nitrogen and oxygen atoms in total. The SMILES string of the molecule is CN(C)c1ccccc1-c1nc(-c2ccc3c(c2)N(S(=O)(=O)c2cccc(C(F)(F)F)c2)C[C@H](CCC(=O)O)O3)no1. The van der Waals surface area contributed by atoms with E-state index < -0.39 is 38.7 Å². The number of ether oxygens (including phenoxy) is 1. The first kappa shape index (κ1) is 28.9. The number of sulfonamides is 1. The van der Waals surface area contributed by atoms with Gasteiger partial charge in [0.05, 0.1) is 28.3 Å². The zero-order valence-corrected chi connectivity index (χ0v) is 23.2. The van der Waals surface area contributed by atoms with Gasteiger partial charge in [0, 0.05) is 31.8 Å². The number of hydrogen-bond donors (Lipinski definition) is 1. The number of rotatable bonds is 8. The van der Waals surface area contributed by atoms with Crippen molar-refractivity contribution in [3.63, 3.8) is 0 Å². The number of carboxylic acids is 1. The Bertz CT molecular complexity index is 1740. The van der Waals surface area contributed by atoms with Crippen LogP contribution in [0.15, 0.2) is 76.1 Å². The topological polar surface area (TPSA) is 126 Å². The molecule has 42 heavy (non-hydrogen) atoms. The van der Waals surface area contributed by atoms with Crippen LogP contribution in [0.2, 0.25) is 0 Å². The lowest BCUT2D eigenvalue weighted by atomic mass is 10.1. The molecule has 1 aromatic heterocycles. The van der Waals surface area contributed by atoms with Gasteiger partial charge in [-0.25, -0.2) is 8.42 Å². The number of aromatic nitrogens is 2. The van der Waals surface area contributed by atoms with Crippen LogP contribution < -0.4 is 13.9 Å². The molecule has 3 aromatic carbocycles. The van der Waals surface area contributed by atoms with Crippen molar-refractivity contribution in [2.45, 2.75) is 30.0 Å². The van der Waals surface area contributed by atoms with Crippen molar-refractivity contribution in [1.29, 1.82) is 0 Å². The van der Waals surface area contributed by atoms with Crippen molar-refractivity contribution in [2.75, 3.05) is 29.8 Å². The van der Waals surface area contributed by atoms with Gasteiger partial charge in [0.1, 0.15) is 11.9 Å². The van der Waals surface area contributed by atoms with E-state index in [0.717, 1.165) is 28.2 Å². The summed E-state index contributed by atoms with van der Waals surface area (Å²) in [4.78, 5) is 17.0. The Labute approximate surface area is 239 Å². The summed E-state index contributed by atoms with van der Waals surface area (Å²) in [5, 5.41) is 13.2. The van der Waals surface area contributed by atoms with Crippen LogP contribution in [-0.4, -0.2) is 56.4 Å². The third-order valence-electron chi connectivity index (χ3n) is 6.62. The molecule has 0 spiro atoms. The Morgan fingerprint density at radius 3 is 2.57 bits per heavy atom. The predicted octanol–water partition coefficient (Wildman–Crippen LogP) is 5.31. The number of fused-ring (bicyclic) bond motifs is 1. The van der Waals surface area contributed by atoms with Crippen LogP contribution >= 0.6 is 0 Å². The third kappa shape index (κ3) is 5.75. The van der Waals surface area contributed by atoms with Crippen LogP contribution in [0.4, 0.5) is 24.5 Å². The monoisotopic (exact) mass is 602 g/mol. The standard InChI is InChI=1S/C28H25F3N4O6S/c1-34(2)22-9-4-3-8-21(22)27-32-26(33-41-27)17-10-12-24-23(14-17)35(16-19(40-24)11-13-25(36)37)42(38,39)20-7-5-6-18(15-20)28(29,30)31/h3-10,12,14-15,19H,11,13,16H2,1-2H3,(H,36,37)/t19-/m0/s1. The largest absolute Gasteiger partial charge is 0.486 e. The zero-order chi connectivity index (χ0) is 30.2. The molecule has 4 aromatic rings. The van der Waals surface area contributed by atoms with Gasteiger partial charge in [0.15, 0.2) is 0 Å². The first-order valence-electron chi connectivity index (χ1n) is 12.7. The number of aliphatic carboxylic acids is 1. The van der Waals surface area contributed by atoms with Gasteiger partial charge >= 0.3 is 12.1 Å². The second kappa shape index (κ2) is 11.0. The van der Waals surface area contributed by atoms with Crippen LogP contribution in [0.25, 0.3) is 22.8 Å². The van der Waals surface area contributed by atoms with E-state index in [4.69, 9.17) is 14.4 Å². The normalized spacial score (nSPS) is 15.2. The van der Waals surface area contributed by atoms with Crippen molar-refractivity contribution in [1.82, 2.24) is 10.1 Å². The maximum absolute atomic E-state index is 13.8. The summed E-state index contributed by atoms with van der Waals surface area (Å²) >= 11 is 0. The van der Waals surface area contributed by atoms with Crippen molar-refractivity contribution >= 4 is 27.4 Å². The van der Waals surface area contributed by atoms with Gasteiger partial charge in [0.25, 0.3) is 15.9 Å². The number of halogens is 3. The van der Waals surface area contributed by atoms with E-state index in [2.05, 4.69) is 10.1 Å². The van der Waals surface area contributed by atoms with Gasteiger partial charge < -0.3 is 19.3 Å². The molecule has 0 radical (unpaired) electrons. The molecule has 5 rings (SSSR count). The molecule has 0 unspecified atom stereocenters. The third-order valence-corrected chi connectivity index (χ3v) is 8.40. The van der Waals surface area contributed by atoms with E-state index in [9.17, 15) is 26.4 Å². The fourth-order valence-electron chi connectivity index (χ4n) is 4.57. The van der Waals surface area contributed by atoms with Crippen LogP contribution in [0.3, 0.4) is 0 Å². The molecule has 0 amide bonds. The second-order valence-corrected chi connectivity index (χ2v) is 11.6. The maximum Gasteiger partial charge on any atom is 0.416 e. The van der Waals surface area contributed by atoms with Crippen molar-refractivity contribution in [3.8, 4) is 28.6 Å². The smallest absolute Gasteiger partial charge is 0.416 e. The average molecular weight is 603 g/mol. The minimum atomic E-state index is -4.76. The van der Waals surface area contributed by atoms with Crippen molar-refractivity contribution in [3.05, 3.63) is 72.3 Å². The molecular formula is C28H25F3N4O6S. The van der Waals surface area contributed by atoms with Crippen molar-refractivity contribution < 1.29 is 40.8 Å². The second-order valence-electron chi connectivity index (χ2n) is 9.75. The quantitative estimate of drug-likeness (QED) is 0.286. The highest BCUT2D eigenvalue weighted by Crippen LogP contribution is 2.41. The predicted molar refractivity (Wildman–Crippen MR) is 147 cm³/mol. The van der Waals surface area contributed by atoms with Gasteiger partial charge in [-0.2, -0.15) is 18.2 Å². The number of carboxylic acid groups (broad SMARTS) is 1. The number of anilines is 2. The molecular weight excluding hydrogens is 577 g/mol. The molecule has 2 heterocycles. The van der Waals surface area contributed by atoms with Gasteiger partial charge in [-0.3, -0.25) is 9.10 Å².